The van der Waals surface area contributed by atoms with Crippen molar-refractivity contribution < 1.29 is 9.47 Å². The largest absolute Gasteiger partial charge is 0.361 e. The van der Waals surface area contributed by atoms with Crippen molar-refractivity contribution in [3.63, 3.8) is 0 Å². The molecule has 1 fully saturated rings. The first-order valence-corrected chi connectivity index (χ1v) is 21.3. The van der Waals surface area contributed by atoms with Crippen LogP contribution in [0.1, 0.15) is 6.42 Å². The first kappa shape index (κ1) is 29.0. The van der Waals surface area contributed by atoms with E-state index in [4.69, 9.17) is 20.3 Å². The predicted octanol–water partition coefficient (Wildman–Crippen LogP) is 3.79. The highest BCUT2D eigenvalue weighted by atomic mass is 28.3. The lowest BCUT2D eigenvalue weighted by atomic mass is 10.1. The minimum Gasteiger partial charge on any atom is -0.361 e. The number of aryl methyl sites for hydroxylation is 1. The zero-order valence-corrected chi connectivity index (χ0v) is 26.4. The first-order chi connectivity index (χ1) is 17.9. The Morgan fingerprint density at radius 1 is 1.03 bits per heavy atom. The molecule has 0 amide bonds. The Balaban J connectivity index is 1.61. The number of rotatable bonds is 13. The van der Waals surface area contributed by atoms with Crippen LogP contribution in [0.3, 0.4) is 0 Å². The van der Waals surface area contributed by atoms with Gasteiger partial charge in [-0.2, -0.15) is 10.2 Å². The molecule has 0 bridgehead atoms. The zero-order chi connectivity index (χ0) is 27.5. The minimum absolute atomic E-state index is 0.00429. The Morgan fingerprint density at radius 2 is 1.68 bits per heavy atom. The van der Waals surface area contributed by atoms with E-state index in [1.54, 1.807) is 0 Å². The van der Waals surface area contributed by atoms with Crippen molar-refractivity contribution in [3.8, 4) is 11.1 Å². The van der Waals surface area contributed by atoms with Gasteiger partial charge in [0.25, 0.3) is 0 Å². The molecule has 0 aliphatic carbocycles. The van der Waals surface area contributed by atoms with E-state index in [1.165, 1.54) is 0 Å². The topological polar surface area (TPSA) is 98.6 Å². The molecule has 1 unspecified atom stereocenters. The molecule has 2 atom stereocenters. The summed E-state index contributed by atoms with van der Waals surface area (Å²) in [5.41, 5.74) is 8.35. The van der Waals surface area contributed by atoms with Gasteiger partial charge in [0.15, 0.2) is 0 Å². The van der Waals surface area contributed by atoms with E-state index in [-0.39, 0.29) is 12.2 Å². The summed E-state index contributed by atoms with van der Waals surface area (Å²) in [6.45, 7) is 18.5. The van der Waals surface area contributed by atoms with E-state index in [0.29, 0.717) is 13.5 Å². The van der Waals surface area contributed by atoms with Crippen LogP contribution >= 0.6 is 0 Å². The Bertz CT molecular complexity index is 1070. The maximum Gasteiger partial charge on any atom is 0.140 e. The highest BCUT2D eigenvalue weighted by Crippen LogP contribution is 2.35. The molecule has 10 nitrogen and oxygen atoms in total. The summed E-state index contributed by atoms with van der Waals surface area (Å²) in [5.74, 6) is 1.93. The molecule has 1 saturated heterocycles. The van der Waals surface area contributed by atoms with Crippen molar-refractivity contribution in [1.82, 2.24) is 29.4 Å². The van der Waals surface area contributed by atoms with Crippen molar-refractivity contribution in [2.45, 2.75) is 70.0 Å². The summed E-state index contributed by atoms with van der Waals surface area (Å²) < 4.78 is 16.3. The lowest BCUT2D eigenvalue weighted by Crippen LogP contribution is -2.44. The summed E-state index contributed by atoms with van der Waals surface area (Å²) in [5, 5.41) is 12.9. The van der Waals surface area contributed by atoms with Crippen LogP contribution in [0.25, 0.3) is 16.9 Å². The van der Waals surface area contributed by atoms with E-state index >= 15 is 0 Å². The fourth-order valence-corrected chi connectivity index (χ4v) is 6.12. The highest BCUT2D eigenvalue weighted by Gasteiger charge is 2.33. The Kier molecular flexibility index (Phi) is 9.20. The monoisotopic (exact) mass is 560 g/mol. The average Bonchev–Trinajstić information content (AvgIpc) is 3.55. The molecule has 4 heterocycles. The number of hydrogen-bond acceptors (Lipinski definition) is 8. The van der Waals surface area contributed by atoms with Crippen LogP contribution in [0.4, 0.5) is 5.82 Å². The third-order valence-electron chi connectivity index (χ3n) is 7.05. The smallest absolute Gasteiger partial charge is 0.140 e. The molecule has 0 spiro atoms. The van der Waals surface area contributed by atoms with Gasteiger partial charge in [0.05, 0.1) is 12.4 Å². The van der Waals surface area contributed by atoms with Crippen molar-refractivity contribution in [3.05, 3.63) is 24.7 Å². The van der Waals surface area contributed by atoms with Crippen LogP contribution in [-0.4, -0.2) is 97.5 Å². The molecule has 0 saturated carbocycles. The van der Waals surface area contributed by atoms with Gasteiger partial charge in [-0.3, -0.25) is 9.58 Å². The maximum absolute atomic E-state index is 6.29. The summed E-state index contributed by atoms with van der Waals surface area (Å²) in [6.07, 6.45) is 9.07. The third-order valence-corrected chi connectivity index (χ3v) is 10.5. The summed E-state index contributed by atoms with van der Waals surface area (Å²) >= 11 is 0. The van der Waals surface area contributed by atoms with Crippen molar-refractivity contribution in [1.29, 1.82) is 0 Å². The van der Waals surface area contributed by atoms with Crippen LogP contribution < -0.4 is 11.1 Å². The molecule has 12 heteroatoms. The van der Waals surface area contributed by atoms with Crippen LogP contribution in [0, 0.1) is 0 Å². The van der Waals surface area contributed by atoms with Crippen molar-refractivity contribution >= 4 is 27.8 Å². The standard InChI is InChI=1S/C26H48N8O2Si2/c1-31-17-21(15-28-31)23-16-29-34-25(14-24(30-26(23)34)32-9-8-22(27)18-32)33(19-35-10-12-37(2,3)4)20-36-11-13-38(5,6)7/h14-17,22,24,30H,8-13,18-20,27H2,1-7H3/t22-,24?/m0/s1. The number of ether oxygens (including phenoxy) is 2. The fraction of sp³-hybridized carbons (Fsp3) is 0.692. The molecule has 2 aromatic heterocycles. The molecule has 3 N–H and O–H groups in total. The van der Waals surface area contributed by atoms with Crippen molar-refractivity contribution in [2.75, 3.05) is 45.1 Å². The fourth-order valence-electron chi connectivity index (χ4n) is 4.61. The molecule has 2 aliphatic heterocycles. The van der Waals surface area contributed by atoms with Crippen LogP contribution in [0.15, 0.2) is 24.7 Å². The highest BCUT2D eigenvalue weighted by molar-refractivity contribution is 6.76. The van der Waals surface area contributed by atoms with Gasteiger partial charge in [-0.15, -0.1) is 0 Å². The van der Waals surface area contributed by atoms with Gasteiger partial charge in [0, 0.05) is 72.9 Å². The SMILES string of the molecule is Cn1cc(-c2cnn3c2NC(N2CC[C@H](N)C2)C=C3N(COCC[Si](C)(C)C)COCC[Si](C)(C)C)cn1. The predicted molar refractivity (Wildman–Crippen MR) is 160 cm³/mol. The molecule has 4 rings (SSSR count). The summed E-state index contributed by atoms with van der Waals surface area (Å²) in [4.78, 5) is 4.59. The second-order valence-corrected chi connectivity index (χ2v) is 24.4. The average molecular weight is 561 g/mol. The normalized spacial score (nSPS) is 20.4. The number of nitrogens with two attached hydrogens (primary N) is 1. The molecule has 2 aliphatic rings. The van der Waals surface area contributed by atoms with Crippen LogP contribution in [0.5, 0.6) is 0 Å². The van der Waals surface area contributed by atoms with Gasteiger partial charge >= 0.3 is 0 Å². The van der Waals surface area contributed by atoms with Crippen LogP contribution in [0.2, 0.25) is 51.4 Å². The number of anilines is 1. The second kappa shape index (κ2) is 12.0. The quantitative estimate of drug-likeness (QED) is 0.217. The van der Waals surface area contributed by atoms with Crippen LogP contribution in [-0.2, 0) is 16.5 Å². The lowest BCUT2D eigenvalue weighted by Gasteiger charge is -2.36. The number of aromatic nitrogens is 4. The minimum atomic E-state index is -1.18. The third kappa shape index (κ3) is 7.79. The van der Waals surface area contributed by atoms with E-state index in [0.717, 1.165) is 67.6 Å². The molecule has 38 heavy (non-hydrogen) atoms. The Morgan fingerprint density at radius 3 is 2.21 bits per heavy atom. The van der Waals surface area contributed by atoms with E-state index in [2.05, 4.69) is 65.6 Å². The Hall–Kier alpha value is -1.97. The molecular weight excluding hydrogens is 513 g/mol. The van der Waals surface area contributed by atoms with E-state index in [9.17, 15) is 0 Å². The lowest BCUT2D eigenvalue weighted by molar-refractivity contribution is -0.00975. The molecule has 0 aromatic carbocycles. The molecule has 212 valence electrons. The van der Waals surface area contributed by atoms with Gasteiger partial charge < -0.3 is 25.4 Å². The number of nitrogens with one attached hydrogen (secondary N) is 1. The molecule has 0 radical (unpaired) electrons. The van der Waals surface area contributed by atoms with E-state index < -0.39 is 16.1 Å². The number of hydrogen-bond donors (Lipinski definition) is 2. The second-order valence-electron chi connectivity index (χ2n) is 13.1. The van der Waals surface area contributed by atoms with E-state index in [1.807, 2.05) is 35.0 Å². The maximum atomic E-state index is 6.29. The van der Waals surface area contributed by atoms with Gasteiger partial charge in [-0.25, -0.2) is 4.68 Å². The first-order valence-electron chi connectivity index (χ1n) is 13.9. The number of likely N-dealkylation sites (tertiary alicyclic amines) is 1. The zero-order valence-electron chi connectivity index (χ0n) is 24.4. The summed E-state index contributed by atoms with van der Waals surface area (Å²) in [6, 6.07) is 2.46. The van der Waals surface area contributed by atoms with Crippen molar-refractivity contribution in [2.24, 2.45) is 12.8 Å². The van der Waals surface area contributed by atoms with Gasteiger partial charge in [0.2, 0.25) is 0 Å². The van der Waals surface area contributed by atoms with Gasteiger partial charge in [-0.05, 0) is 24.6 Å². The number of nitrogens with zero attached hydrogens (tertiary/aromatic N) is 6. The molecule has 2 aromatic rings. The number of fused-ring (bicyclic) bond motifs is 1. The van der Waals surface area contributed by atoms with Gasteiger partial charge in [0.1, 0.15) is 31.3 Å². The van der Waals surface area contributed by atoms with Gasteiger partial charge in [-0.1, -0.05) is 39.3 Å². The Labute approximate surface area is 230 Å². The summed E-state index contributed by atoms with van der Waals surface area (Å²) in [7, 11) is -0.435. The molecular formula is C26H48N8O2Si2.